The van der Waals surface area contributed by atoms with Gasteiger partial charge < -0.3 is 14.2 Å². The van der Waals surface area contributed by atoms with E-state index < -0.39 is 0 Å². The molecule has 0 spiro atoms. The smallest absolute Gasteiger partial charge is 0.334 e. The normalized spacial score (nSPS) is 47.8. The van der Waals surface area contributed by atoms with Crippen LogP contribution in [0.4, 0.5) is 0 Å². The van der Waals surface area contributed by atoms with E-state index in [0.29, 0.717) is 29.5 Å². The van der Waals surface area contributed by atoms with Gasteiger partial charge in [-0.1, -0.05) is 20.3 Å². The van der Waals surface area contributed by atoms with Crippen LogP contribution < -0.4 is 0 Å². The molecule has 0 aromatic carbocycles. The second-order valence-corrected chi connectivity index (χ2v) is 9.85. The molecule has 0 aliphatic carbocycles. The highest BCUT2D eigenvalue weighted by Crippen LogP contribution is 2.47. The fraction of sp³-hybridized carbons (Fsp3) is 0.826. The molecule has 4 saturated heterocycles. The van der Waals surface area contributed by atoms with Gasteiger partial charge in [0.1, 0.15) is 18.3 Å². The third-order valence-electron chi connectivity index (χ3n) is 8.08. The fourth-order valence-corrected chi connectivity index (χ4v) is 6.66. The molecule has 0 bridgehead atoms. The first-order valence-electron chi connectivity index (χ1n) is 11.4. The van der Waals surface area contributed by atoms with Crippen molar-refractivity contribution in [3.8, 4) is 0 Å². The van der Waals surface area contributed by atoms with E-state index in [9.17, 15) is 9.59 Å². The summed E-state index contributed by atoms with van der Waals surface area (Å²) >= 11 is 0. The summed E-state index contributed by atoms with van der Waals surface area (Å²) in [6.45, 7) is 7.13. The lowest BCUT2D eigenvalue weighted by Crippen LogP contribution is -2.55. The van der Waals surface area contributed by atoms with Gasteiger partial charge in [0.2, 0.25) is 0 Å². The minimum atomic E-state index is -0.256. The topological polar surface area (TPSA) is 65.1 Å². The lowest BCUT2D eigenvalue weighted by Gasteiger charge is -2.46. The third-order valence-corrected chi connectivity index (χ3v) is 8.08. The van der Waals surface area contributed by atoms with Crippen LogP contribution >= 0.6 is 0 Å². The Morgan fingerprint density at radius 1 is 1.00 bits per heavy atom. The van der Waals surface area contributed by atoms with Gasteiger partial charge in [-0.15, -0.1) is 0 Å². The Morgan fingerprint density at radius 3 is 2.48 bits per heavy atom. The lowest BCUT2D eigenvalue weighted by atomic mass is 9.76. The minimum absolute atomic E-state index is 0.0188. The largest absolute Gasteiger partial charge is 0.460 e. The van der Waals surface area contributed by atoms with Gasteiger partial charge in [0, 0.05) is 23.6 Å². The first kappa shape index (κ1) is 19.6. The SMILES string of the molecule is CC1=C[C@H]([C@H]2O[C@@H]3CCCN4[C@@H](CCC[C@H]4[C@@H]4C[C@H](C)C(=O)O4)[C@H]3[C@@H]2C)OC1=O. The van der Waals surface area contributed by atoms with Crippen molar-refractivity contribution < 1.29 is 23.8 Å². The maximum absolute atomic E-state index is 12.0. The number of fused-ring (bicyclic) bond motifs is 3. The molecule has 5 aliphatic heterocycles. The zero-order chi connectivity index (χ0) is 20.3. The van der Waals surface area contributed by atoms with Gasteiger partial charge in [0.15, 0.2) is 0 Å². The number of carbonyl (C=O) groups is 2. The summed E-state index contributed by atoms with van der Waals surface area (Å²) in [5, 5.41) is 0. The highest BCUT2D eigenvalue weighted by atomic mass is 16.6. The Kier molecular flexibility index (Phi) is 4.98. The fourth-order valence-electron chi connectivity index (χ4n) is 6.66. The van der Waals surface area contributed by atoms with E-state index in [1.165, 1.54) is 12.8 Å². The number of rotatable bonds is 2. The highest BCUT2D eigenvalue weighted by molar-refractivity contribution is 5.90. The van der Waals surface area contributed by atoms with Crippen LogP contribution in [-0.4, -0.2) is 59.9 Å². The summed E-state index contributed by atoms with van der Waals surface area (Å²) in [5.41, 5.74) is 0.689. The van der Waals surface area contributed by atoms with Gasteiger partial charge in [0.25, 0.3) is 0 Å². The van der Waals surface area contributed by atoms with Crippen LogP contribution in [0, 0.1) is 17.8 Å². The number of ether oxygens (including phenoxy) is 3. The molecule has 0 radical (unpaired) electrons. The molecule has 0 aromatic rings. The van der Waals surface area contributed by atoms with E-state index in [4.69, 9.17) is 14.2 Å². The van der Waals surface area contributed by atoms with Crippen molar-refractivity contribution in [1.82, 2.24) is 4.90 Å². The van der Waals surface area contributed by atoms with Crippen LogP contribution in [0.15, 0.2) is 11.6 Å². The number of nitrogens with zero attached hydrogens (tertiary/aromatic N) is 1. The number of piperidine rings is 1. The summed E-state index contributed by atoms with van der Waals surface area (Å²) in [5.74, 6) is 0.537. The second kappa shape index (κ2) is 7.38. The van der Waals surface area contributed by atoms with Crippen LogP contribution in [0.3, 0.4) is 0 Å². The van der Waals surface area contributed by atoms with Crippen molar-refractivity contribution in [2.75, 3.05) is 6.54 Å². The third kappa shape index (κ3) is 3.23. The van der Waals surface area contributed by atoms with Crippen molar-refractivity contribution in [1.29, 1.82) is 0 Å². The Balaban J connectivity index is 1.37. The molecule has 5 aliphatic rings. The monoisotopic (exact) mass is 403 g/mol. The molecule has 0 saturated carbocycles. The van der Waals surface area contributed by atoms with Gasteiger partial charge >= 0.3 is 11.9 Å². The Morgan fingerprint density at radius 2 is 1.79 bits per heavy atom. The van der Waals surface area contributed by atoms with Crippen LogP contribution in [0.25, 0.3) is 0 Å². The van der Waals surface area contributed by atoms with Gasteiger partial charge in [-0.3, -0.25) is 9.69 Å². The minimum Gasteiger partial charge on any atom is -0.460 e. The summed E-state index contributed by atoms with van der Waals surface area (Å²) in [6.07, 6.45) is 8.34. The van der Waals surface area contributed by atoms with Crippen molar-refractivity contribution in [3.63, 3.8) is 0 Å². The first-order valence-corrected chi connectivity index (χ1v) is 11.4. The predicted molar refractivity (Wildman–Crippen MR) is 106 cm³/mol. The Bertz CT molecular complexity index is 720. The Labute approximate surface area is 172 Å². The molecule has 9 atom stereocenters. The van der Waals surface area contributed by atoms with E-state index >= 15 is 0 Å². The number of hydrogen-bond acceptors (Lipinski definition) is 6. The molecule has 5 heterocycles. The molecule has 160 valence electrons. The molecular formula is C23H33NO5. The summed E-state index contributed by atoms with van der Waals surface area (Å²) in [4.78, 5) is 26.6. The van der Waals surface area contributed by atoms with Crippen LogP contribution in [0.5, 0.6) is 0 Å². The van der Waals surface area contributed by atoms with Crippen molar-refractivity contribution in [3.05, 3.63) is 11.6 Å². The Hall–Kier alpha value is -1.40. The van der Waals surface area contributed by atoms with Crippen molar-refractivity contribution in [2.45, 2.75) is 95.8 Å². The lowest BCUT2D eigenvalue weighted by molar-refractivity contribution is -0.148. The number of esters is 2. The van der Waals surface area contributed by atoms with E-state index in [1.807, 2.05) is 19.9 Å². The predicted octanol–water partition coefficient (Wildman–Crippen LogP) is 2.85. The number of carbonyl (C=O) groups excluding carboxylic acids is 2. The number of hydrogen-bond donors (Lipinski definition) is 0. The maximum atomic E-state index is 12.0. The molecule has 6 nitrogen and oxygen atoms in total. The highest BCUT2D eigenvalue weighted by Gasteiger charge is 2.54. The first-order chi connectivity index (χ1) is 13.9. The summed E-state index contributed by atoms with van der Waals surface area (Å²) in [6, 6.07) is 0.789. The van der Waals surface area contributed by atoms with E-state index in [2.05, 4.69) is 11.8 Å². The molecule has 4 fully saturated rings. The zero-order valence-electron chi connectivity index (χ0n) is 17.7. The molecule has 0 N–H and O–H groups in total. The number of cyclic esters (lactones) is 2. The molecule has 6 heteroatoms. The molecule has 0 aromatic heterocycles. The van der Waals surface area contributed by atoms with Crippen molar-refractivity contribution >= 4 is 11.9 Å². The standard InChI is InChI=1S/C23H33NO5/c1-12-10-18(28-22(12)25)15-6-4-7-16-20-14(3)21(19-11-13(2)23(26)29-19)27-17(20)8-5-9-24(15)16/h11-12,14-21H,4-10H2,1-3H3/t12-,14-,15-,16-,17+,18-,19+,20+,21-/m0/s1. The van der Waals surface area contributed by atoms with Crippen LogP contribution in [-0.2, 0) is 23.8 Å². The van der Waals surface area contributed by atoms with E-state index in [0.717, 1.165) is 32.2 Å². The molecular weight excluding hydrogens is 370 g/mol. The van der Waals surface area contributed by atoms with Gasteiger partial charge in [-0.25, -0.2) is 4.79 Å². The molecule has 0 amide bonds. The van der Waals surface area contributed by atoms with Crippen LogP contribution in [0.1, 0.15) is 59.3 Å². The van der Waals surface area contributed by atoms with Gasteiger partial charge in [0.05, 0.1) is 12.0 Å². The van der Waals surface area contributed by atoms with Crippen LogP contribution in [0.2, 0.25) is 0 Å². The van der Waals surface area contributed by atoms with E-state index in [-0.39, 0.29) is 42.3 Å². The van der Waals surface area contributed by atoms with Gasteiger partial charge in [-0.05, 0) is 57.6 Å². The molecule has 5 rings (SSSR count). The zero-order valence-corrected chi connectivity index (χ0v) is 17.7. The summed E-state index contributed by atoms with van der Waals surface area (Å²) in [7, 11) is 0. The quantitative estimate of drug-likeness (QED) is 0.661. The van der Waals surface area contributed by atoms with E-state index in [1.54, 1.807) is 0 Å². The second-order valence-electron chi connectivity index (χ2n) is 9.85. The molecule has 0 unspecified atom stereocenters. The average Bonchev–Trinajstić information content (AvgIpc) is 3.26. The average molecular weight is 404 g/mol. The maximum Gasteiger partial charge on any atom is 0.334 e. The summed E-state index contributed by atoms with van der Waals surface area (Å²) < 4.78 is 17.9. The van der Waals surface area contributed by atoms with Crippen molar-refractivity contribution in [2.24, 2.45) is 17.8 Å². The van der Waals surface area contributed by atoms with Gasteiger partial charge in [-0.2, -0.15) is 0 Å². The molecule has 29 heavy (non-hydrogen) atoms.